The highest BCUT2D eigenvalue weighted by atomic mass is 32.1. The number of hydrogen-bond acceptors (Lipinski definition) is 9. The van der Waals surface area contributed by atoms with Gasteiger partial charge in [0.15, 0.2) is 11.4 Å². The quantitative estimate of drug-likeness (QED) is 0.244. The largest absolute Gasteiger partial charge is 0.394 e. The van der Waals surface area contributed by atoms with Crippen LogP contribution in [0.15, 0.2) is 60.7 Å². The lowest BCUT2D eigenvalue weighted by molar-refractivity contribution is -0.253. The van der Waals surface area contributed by atoms with Gasteiger partial charge in [-0.15, -0.1) is 0 Å². The van der Waals surface area contributed by atoms with E-state index < -0.39 is 51.1 Å². The van der Waals surface area contributed by atoms with Crippen molar-refractivity contribution in [1.82, 2.24) is 10.3 Å². The zero-order chi connectivity index (χ0) is 25.8. The Labute approximate surface area is 214 Å². The Balaban J connectivity index is 1.64. The molecule has 1 aliphatic rings. The number of carbonyl (C=O) groups is 1. The molecule has 1 unspecified atom stereocenters. The molecule has 1 aromatic heterocycles. The van der Waals surface area contributed by atoms with Gasteiger partial charge in [0.1, 0.15) is 24.4 Å². The zero-order valence-corrected chi connectivity index (χ0v) is 21.6. The summed E-state index contributed by atoms with van der Waals surface area (Å²) in [7, 11) is 2.79. The van der Waals surface area contributed by atoms with Crippen LogP contribution in [0.25, 0.3) is 0 Å². The van der Waals surface area contributed by atoms with Gasteiger partial charge in [-0.05, 0) is 18.5 Å². The lowest BCUT2D eigenvalue weighted by Crippen LogP contribution is -2.64. The summed E-state index contributed by atoms with van der Waals surface area (Å²) in [6.07, 6.45) is -5.78. The van der Waals surface area contributed by atoms with Crippen LogP contribution >= 0.6 is 19.3 Å². The molecule has 4 rings (SSSR count). The first kappa shape index (κ1) is 26.6. The van der Waals surface area contributed by atoms with Gasteiger partial charge in [-0.3, -0.25) is 4.79 Å². The number of amides is 1. The van der Waals surface area contributed by atoms with Gasteiger partial charge in [0, 0.05) is 14.1 Å². The number of benzene rings is 2. The summed E-state index contributed by atoms with van der Waals surface area (Å²) < 4.78 is 6.13. The molecular formula is C25H30N3O6PS. The number of rotatable bonds is 8. The molecule has 9 nitrogen and oxygen atoms in total. The van der Waals surface area contributed by atoms with Crippen molar-refractivity contribution < 1.29 is 30.0 Å². The number of nitrogens with zero attached hydrogens (tertiary/aromatic N) is 2. The van der Waals surface area contributed by atoms with Crippen LogP contribution < -0.4 is 25.4 Å². The predicted octanol–water partition coefficient (Wildman–Crippen LogP) is -0.574. The summed E-state index contributed by atoms with van der Waals surface area (Å²) in [6.45, 7) is -0.575. The maximum Gasteiger partial charge on any atom is 0.226 e. The average molecular weight is 532 g/mol. The molecular weight excluding hydrogens is 501 g/mol. The van der Waals surface area contributed by atoms with E-state index in [-0.39, 0.29) is 6.42 Å². The predicted molar refractivity (Wildman–Crippen MR) is 141 cm³/mol. The highest BCUT2D eigenvalue weighted by Gasteiger charge is 2.44. The van der Waals surface area contributed by atoms with Crippen LogP contribution in [0.5, 0.6) is 0 Å². The van der Waals surface area contributed by atoms with Crippen molar-refractivity contribution >= 4 is 45.5 Å². The van der Waals surface area contributed by atoms with Gasteiger partial charge >= 0.3 is 0 Å². The van der Waals surface area contributed by atoms with E-state index >= 15 is 0 Å². The van der Waals surface area contributed by atoms with Crippen LogP contribution in [0, 0.1) is 0 Å². The zero-order valence-electron chi connectivity index (χ0n) is 19.9. The van der Waals surface area contributed by atoms with Crippen LogP contribution in [0.3, 0.4) is 0 Å². The molecule has 0 radical (unpaired) electrons. The number of aromatic nitrogens is 1. The second-order valence-corrected chi connectivity index (χ2v) is 12.1. The normalized spacial score (nSPS) is 24.0. The van der Waals surface area contributed by atoms with Crippen molar-refractivity contribution in [2.45, 2.75) is 37.1 Å². The molecule has 3 aromatic rings. The Bertz CT molecular complexity index is 1110. The molecule has 1 aliphatic heterocycles. The van der Waals surface area contributed by atoms with E-state index in [9.17, 15) is 25.2 Å². The van der Waals surface area contributed by atoms with Gasteiger partial charge in [-0.2, -0.15) is 0 Å². The minimum Gasteiger partial charge on any atom is -0.394 e. The van der Waals surface area contributed by atoms with Crippen molar-refractivity contribution in [1.29, 1.82) is 0 Å². The van der Waals surface area contributed by atoms with Crippen molar-refractivity contribution in [3.8, 4) is 0 Å². The third-order valence-corrected chi connectivity index (χ3v) is 10.0. The topological polar surface area (TPSA) is 135 Å². The number of carbonyl (C=O) groups excluding carboxylic acids is 1. The number of thiazole rings is 1. The molecule has 36 heavy (non-hydrogen) atoms. The van der Waals surface area contributed by atoms with E-state index in [1.165, 1.54) is 11.3 Å². The minimum atomic E-state index is -1.58. The molecule has 0 spiro atoms. The Morgan fingerprint density at radius 1 is 1.03 bits per heavy atom. The van der Waals surface area contributed by atoms with E-state index in [0.29, 0.717) is 5.69 Å². The molecule has 2 heterocycles. The number of hydrogen-bond donors (Lipinski definition) is 5. The molecule has 1 amide bonds. The van der Waals surface area contributed by atoms with Crippen LogP contribution in [0.2, 0.25) is 0 Å². The van der Waals surface area contributed by atoms with Crippen molar-refractivity contribution in [2.24, 2.45) is 0 Å². The van der Waals surface area contributed by atoms with Gasteiger partial charge in [0.25, 0.3) is 0 Å². The number of ether oxygens (including phenoxy) is 1. The van der Waals surface area contributed by atoms with E-state index in [4.69, 9.17) is 9.72 Å². The van der Waals surface area contributed by atoms with Gasteiger partial charge in [0.2, 0.25) is 5.91 Å². The van der Waals surface area contributed by atoms with Gasteiger partial charge in [-0.25, -0.2) is 4.98 Å². The third kappa shape index (κ3) is 5.76. The van der Waals surface area contributed by atoms with Crippen LogP contribution in [0.4, 0.5) is 5.13 Å². The lowest BCUT2D eigenvalue weighted by atomic mass is 9.97. The smallest absolute Gasteiger partial charge is 0.226 e. The van der Waals surface area contributed by atoms with Gasteiger partial charge in [-0.1, -0.05) is 72.0 Å². The number of aliphatic hydroxyl groups excluding tert-OH is 4. The monoisotopic (exact) mass is 531 g/mol. The third-order valence-electron chi connectivity index (χ3n) is 5.84. The maximum absolute atomic E-state index is 13.1. The second kappa shape index (κ2) is 11.7. The highest BCUT2D eigenvalue weighted by Crippen LogP contribution is 2.38. The number of aliphatic hydroxyl groups is 4. The fraction of sp³-hybridized carbons (Fsp3) is 0.360. The van der Waals surface area contributed by atoms with Crippen molar-refractivity contribution in [2.75, 3.05) is 25.6 Å². The summed E-state index contributed by atoms with van der Waals surface area (Å²) in [4.78, 5) is 19.7. The van der Waals surface area contributed by atoms with E-state index in [2.05, 4.69) is 29.6 Å². The number of nitrogens with one attached hydrogen (secondary N) is 1. The van der Waals surface area contributed by atoms with Crippen LogP contribution in [-0.4, -0.2) is 82.7 Å². The summed E-state index contributed by atoms with van der Waals surface area (Å²) >= 11 is 1.53. The fourth-order valence-corrected chi connectivity index (χ4v) is 8.08. The van der Waals surface area contributed by atoms with Crippen LogP contribution in [-0.2, 0) is 16.0 Å². The molecule has 0 bridgehead atoms. The van der Waals surface area contributed by atoms with Crippen LogP contribution in [0.1, 0.15) is 5.69 Å². The first-order chi connectivity index (χ1) is 17.3. The van der Waals surface area contributed by atoms with Gasteiger partial charge in [0.05, 0.1) is 23.3 Å². The molecule has 11 heteroatoms. The van der Waals surface area contributed by atoms with Crippen molar-refractivity contribution in [3.05, 3.63) is 66.4 Å². The SMILES string of the molecule is CN(C)c1nc(CC(=O)N[C@H]2C(O)O[C@H](CO)[C@@H](O)[C@@H]2O)c(P(c2ccccc2)c2ccccc2)s1. The Kier molecular flexibility index (Phi) is 8.69. The van der Waals surface area contributed by atoms with E-state index in [1.807, 2.05) is 55.4 Å². The highest BCUT2D eigenvalue weighted by molar-refractivity contribution is 7.84. The Morgan fingerprint density at radius 2 is 1.61 bits per heavy atom. The molecule has 1 saturated heterocycles. The first-order valence-corrected chi connectivity index (χ1v) is 13.6. The lowest BCUT2D eigenvalue weighted by Gasteiger charge is -2.40. The molecule has 5 N–H and O–H groups in total. The first-order valence-electron chi connectivity index (χ1n) is 11.5. The summed E-state index contributed by atoms with van der Waals surface area (Å²) in [5.74, 6) is -0.482. The summed E-state index contributed by atoms with van der Waals surface area (Å²) in [5, 5.41) is 45.7. The molecule has 0 aliphatic carbocycles. The average Bonchev–Trinajstić information content (AvgIpc) is 3.29. The molecule has 2 aromatic carbocycles. The van der Waals surface area contributed by atoms with Gasteiger partial charge < -0.3 is 35.4 Å². The van der Waals surface area contributed by atoms with E-state index in [0.717, 1.165) is 20.4 Å². The van der Waals surface area contributed by atoms with E-state index in [1.54, 1.807) is 0 Å². The maximum atomic E-state index is 13.1. The summed E-state index contributed by atoms with van der Waals surface area (Å²) in [6, 6.07) is 18.9. The molecule has 0 saturated carbocycles. The second-order valence-electron chi connectivity index (χ2n) is 8.65. The Morgan fingerprint density at radius 3 is 2.14 bits per heavy atom. The Hall–Kier alpha value is -2.43. The standard InChI is InChI=1S/C25H30N3O6PS/c1-28(2)25-26-17(13-19(30)27-20-22(32)21(31)18(14-29)34-23(20)33)24(36-25)35(15-9-5-3-6-10-15)16-11-7-4-8-12-16/h3-12,18,20-23,29,31-33H,13-14H2,1-2H3,(H,27,30)/t18-,20-,21-,22-,23?/m1/s1. The minimum absolute atomic E-state index is 0.0896. The molecule has 1 fully saturated rings. The number of anilines is 1. The molecule has 192 valence electrons. The fourth-order valence-electron chi connectivity index (χ4n) is 3.99. The van der Waals surface area contributed by atoms with Crippen molar-refractivity contribution in [3.63, 3.8) is 0 Å². The summed E-state index contributed by atoms with van der Waals surface area (Å²) in [5.41, 5.74) is 0.606. The molecule has 5 atom stereocenters.